The number of amides is 4. The number of carbonyl (C=O) groups excluding carboxylic acids is 3. The van der Waals surface area contributed by atoms with Gasteiger partial charge in [0.05, 0.1) is 13.1 Å². The van der Waals surface area contributed by atoms with Gasteiger partial charge in [-0.25, -0.2) is 4.79 Å². The van der Waals surface area contributed by atoms with Crippen molar-refractivity contribution >= 4 is 17.8 Å². The van der Waals surface area contributed by atoms with Crippen molar-refractivity contribution in [2.75, 3.05) is 59.4 Å². The van der Waals surface area contributed by atoms with Gasteiger partial charge in [-0.1, -0.05) is 0 Å². The number of hydrogen-bond acceptors (Lipinski definition) is 4. The van der Waals surface area contributed by atoms with E-state index >= 15 is 0 Å². The first-order valence-corrected chi connectivity index (χ1v) is 8.33. The van der Waals surface area contributed by atoms with Crippen LogP contribution in [0.4, 0.5) is 4.79 Å². The fourth-order valence-corrected chi connectivity index (χ4v) is 2.95. The van der Waals surface area contributed by atoms with Crippen molar-refractivity contribution in [3.05, 3.63) is 0 Å². The van der Waals surface area contributed by atoms with Gasteiger partial charge >= 0.3 is 6.03 Å². The molecule has 0 unspecified atom stereocenters. The molecule has 0 saturated carbocycles. The zero-order valence-electron chi connectivity index (χ0n) is 13.8. The van der Waals surface area contributed by atoms with Gasteiger partial charge in [0.2, 0.25) is 11.8 Å². The zero-order valence-corrected chi connectivity index (χ0v) is 13.8. The number of hydrogen-bond donors (Lipinski definition) is 2. The van der Waals surface area contributed by atoms with E-state index in [-0.39, 0.29) is 24.4 Å². The molecule has 0 bridgehead atoms. The minimum atomic E-state index is -0.357. The summed E-state index contributed by atoms with van der Waals surface area (Å²) >= 11 is 0. The van der Waals surface area contributed by atoms with Crippen molar-refractivity contribution in [1.82, 2.24) is 25.3 Å². The van der Waals surface area contributed by atoms with Crippen molar-refractivity contribution in [2.45, 2.75) is 19.3 Å². The second-order valence-corrected chi connectivity index (χ2v) is 6.03. The molecule has 0 radical (unpaired) electrons. The standard InChI is InChI=1S/C15H27N5O3/c1-16-15(23)17-11-13(21)20-9-7-18(8-10-20)12-14(22)19-5-3-2-4-6-19/h2-12H2,1H3,(H2,16,17,23). The molecule has 0 spiro atoms. The maximum absolute atomic E-state index is 12.2. The predicted octanol–water partition coefficient (Wildman–Crippen LogP) is -0.928. The topological polar surface area (TPSA) is 85.0 Å². The summed E-state index contributed by atoms with van der Waals surface area (Å²) in [5.41, 5.74) is 0. The molecule has 2 rings (SSSR count). The van der Waals surface area contributed by atoms with Crippen LogP contribution in [0.2, 0.25) is 0 Å². The maximum Gasteiger partial charge on any atom is 0.314 e. The molecule has 0 atom stereocenters. The molecule has 0 aromatic rings. The van der Waals surface area contributed by atoms with Gasteiger partial charge in [-0.2, -0.15) is 0 Å². The minimum Gasteiger partial charge on any atom is -0.342 e. The highest BCUT2D eigenvalue weighted by atomic mass is 16.2. The van der Waals surface area contributed by atoms with Crippen LogP contribution < -0.4 is 10.6 Å². The molecule has 4 amide bonds. The van der Waals surface area contributed by atoms with Crippen LogP contribution in [0.3, 0.4) is 0 Å². The third-order valence-electron chi connectivity index (χ3n) is 4.42. The largest absolute Gasteiger partial charge is 0.342 e. The van der Waals surface area contributed by atoms with Gasteiger partial charge < -0.3 is 20.4 Å². The maximum atomic E-state index is 12.2. The molecule has 8 heteroatoms. The Bertz CT molecular complexity index is 429. The van der Waals surface area contributed by atoms with E-state index in [0.717, 1.165) is 25.9 Å². The fourth-order valence-electron chi connectivity index (χ4n) is 2.95. The highest BCUT2D eigenvalue weighted by Crippen LogP contribution is 2.10. The van der Waals surface area contributed by atoms with Gasteiger partial charge in [-0.3, -0.25) is 14.5 Å². The quantitative estimate of drug-likeness (QED) is 0.699. The van der Waals surface area contributed by atoms with Crippen LogP contribution in [-0.4, -0.2) is 92.0 Å². The SMILES string of the molecule is CNC(=O)NCC(=O)N1CCN(CC(=O)N2CCCCC2)CC1. The van der Waals surface area contributed by atoms with Crippen molar-refractivity contribution in [2.24, 2.45) is 0 Å². The number of carbonyl (C=O) groups is 3. The Balaban J connectivity index is 1.67. The Morgan fingerprint density at radius 2 is 1.43 bits per heavy atom. The summed E-state index contributed by atoms with van der Waals surface area (Å²) in [6, 6.07) is -0.357. The highest BCUT2D eigenvalue weighted by molar-refractivity contribution is 5.84. The number of nitrogens with one attached hydrogen (secondary N) is 2. The third kappa shape index (κ3) is 5.38. The van der Waals surface area contributed by atoms with Crippen LogP contribution in [0.5, 0.6) is 0 Å². The zero-order chi connectivity index (χ0) is 16.7. The van der Waals surface area contributed by atoms with Gasteiger partial charge in [0, 0.05) is 46.3 Å². The van der Waals surface area contributed by atoms with Gasteiger partial charge in [-0.05, 0) is 19.3 Å². The molecular formula is C15H27N5O3. The summed E-state index contributed by atoms with van der Waals surface area (Å²) in [4.78, 5) is 41.1. The highest BCUT2D eigenvalue weighted by Gasteiger charge is 2.24. The van der Waals surface area contributed by atoms with Crippen molar-refractivity contribution in [3.63, 3.8) is 0 Å². The fraction of sp³-hybridized carbons (Fsp3) is 0.800. The summed E-state index contributed by atoms with van der Waals surface area (Å²) in [5.74, 6) is 0.112. The normalized spacial score (nSPS) is 19.3. The minimum absolute atomic E-state index is 0.00633. The molecule has 2 heterocycles. The van der Waals surface area contributed by atoms with E-state index in [9.17, 15) is 14.4 Å². The number of piperazine rings is 1. The van der Waals surface area contributed by atoms with Crippen LogP contribution in [0.1, 0.15) is 19.3 Å². The smallest absolute Gasteiger partial charge is 0.314 e. The molecule has 2 saturated heterocycles. The van der Waals surface area contributed by atoms with Crippen LogP contribution >= 0.6 is 0 Å². The number of nitrogens with zero attached hydrogens (tertiary/aromatic N) is 3. The van der Waals surface area contributed by atoms with Crippen molar-refractivity contribution < 1.29 is 14.4 Å². The molecule has 0 aromatic heterocycles. The molecule has 23 heavy (non-hydrogen) atoms. The Kier molecular flexibility index (Phi) is 6.64. The third-order valence-corrected chi connectivity index (χ3v) is 4.42. The molecule has 0 aliphatic carbocycles. The molecular weight excluding hydrogens is 298 g/mol. The average molecular weight is 325 g/mol. The lowest BCUT2D eigenvalue weighted by atomic mass is 10.1. The number of likely N-dealkylation sites (tertiary alicyclic amines) is 1. The summed E-state index contributed by atoms with van der Waals surface area (Å²) < 4.78 is 0. The first-order chi connectivity index (χ1) is 11.1. The number of piperidine rings is 1. The second kappa shape index (κ2) is 8.71. The Labute approximate surface area is 137 Å². The van der Waals surface area contributed by atoms with E-state index in [1.54, 1.807) is 4.90 Å². The van der Waals surface area contributed by atoms with E-state index in [4.69, 9.17) is 0 Å². The predicted molar refractivity (Wildman–Crippen MR) is 85.9 cm³/mol. The lowest BCUT2D eigenvalue weighted by molar-refractivity contribution is -0.135. The molecule has 8 nitrogen and oxygen atoms in total. The average Bonchev–Trinajstić information content (AvgIpc) is 2.60. The number of rotatable bonds is 4. The summed E-state index contributed by atoms with van der Waals surface area (Å²) in [7, 11) is 1.51. The molecule has 2 aliphatic heterocycles. The lowest BCUT2D eigenvalue weighted by Gasteiger charge is -2.36. The van der Waals surface area contributed by atoms with E-state index in [0.29, 0.717) is 32.7 Å². The summed E-state index contributed by atoms with van der Waals surface area (Å²) in [6.45, 7) is 4.80. The Morgan fingerprint density at radius 1 is 0.826 bits per heavy atom. The van der Waals surface area contributed by atoms with Crippen LogP contribution in [-0.2, 0) is 9.59 Å². The van der Waals surface area contributed by atoms with Gasteiger partial charge in [-0.15, -0.1) is 0 Å². The summed E-state index contributed by atoms with van der Waals surface area (Å²) in [6.07, 6.45) is 3.42. The Hall–Kier alpha value is -1.83. The Morgan fingerprint density at radius 3 is 2.04 bits per heavy atom. The summed E-state index contributed by atoms with van der Waals surface area (Å²) in [5, 5.41) is 4.91. The van der Waals surface area contributed by atoms with Crippen LogP contribution in [0.15, 0.2) is 0 Å². The molecule has 2 N–H and O–H groups in total. The van der Waals surface area contributed by atoms with E-state index in [2.05, 4.69) is 15.5 Å². The van der Waals surface area contributed by atoms with Gasteiger partial charge in [0.15, 0.2) is 0 Å². The number of urea groups is 1. The molecule has 0 aromatic carbocycles. The van der Waals surface area contributed by atoms with Gasteiger partial charge in [0.25, 0.3) is 0 Å². The first-order valence-electron chi connectivity index (χ1n) is 8.33. The van der Waals surface area contributed by atoms with Crippen LogP contribution in [0, 0.1) is 0 Å². The van der Waals surface area contributed by atoms with Crippen molar-refractivity contribution in [3.8, 4) is 0 Å². The lowest BCUT2D eigenvalue weighted by Crippen LogP contribution is -2.53. The van der Waals surface area contributed by atoms with Crippen LogP contribution in [0.25, 0.3) is 0 Å². The second-order valence-electron chi connectivity index (χ2n) is 6.03. The molecule has 2 fully saturated rings. The molecule has 130 valence electrons. The van der Waals surface area contributed by atoms with E-state index in [1.807, 2.05) is 4.90 Å². The first kappa shape index (κ1) is 17.5. The monoisotopic (exact) mass is 325 g/mol. The molecule has 2 aliphatic rings. The van der Waals surface area contributed by atoms with E-state index < -0.39 is 0 Å². The van der Waals surface area contributed by atoms with E-state index in [1.165, 1.54) is 13.5 Å². The van der Waals surface area contributed by atoms with Gasteiger partial charge in [0.1, 0.15) is 0 Å². The van der Waals surface area contributed by atoms with Crippen molar-refractivity contribution in [1.29, 1.82) is 0 Å².